The molecule has 14 atom stereocenters. The van der Waals surface area contributed by atoms with Crippen LogP contribution in [0.4, 0.5) is 0 Å². The van der Waals surface area contributed by atoms with E-state index in [1.54, 1.807) is 6.92 Å². The molecule has 0 spiro atoms. The minimum atomic E-state index is -1.71. The van der Waals surface area contributed by atoms with E-state index in [4.69, 9.17) is 41.9 Å². The second kappa shape index (κ2) is 11.7. The zero-order chi connectivity index (χ0) is 24.3. The molecular formula is C18H38N4O10. The van der Waals surface area contributed by atoms with E-state index < -0.39 is 92.4 Å². The van der Waals surface area contributed by atoms with Gasteiger partial charge in [-0.25, -0.2) is 0 Å². The van der Waals surface area contributed by atoms with Crippen molar-refractivity contribution < 1.29 is 49.6 Å². The molecular weight excluding hydrogens is 432 g/mol. The van der Waals surface area contributed by atoms with E-state index in [0.717, 1.165) is 0 Å². The lowest BCUT2D eigenvalue weighted by Gasteiger charge is -2.44. The van der Waals surface area contributed by atoms with Gasteiger partial charge in [0.1, 0.15) is 36.6 Å². The lowest BCUT2D eigenvalue weighted by atomic mass is 9.84. The van der Waals surface area contributed by atoms with Crippen LogP contribution in [0.3, 0.4) is 0 Å². The van der Waals surface area contributed by atoms with E-state index in [-0.39, 0.29) is 6.42 Å². The summed E-state index contributed by atoms with van der Waals surface area (Å²) < 4.78 is 22.4. The van der Waals surface area contributed by atoms with E-state index in [1.165, 1.54) is 6.92 Å². The highest BCUT2D eigenvalue weighted by Gasteiger charge is 2.51. The van der Waals surface area contributed by atoms with Gasteiger partial charge >= 0.3 is 0 Å². The Morgan fingerprint density at radius 2 is 1.59 bits per heavy atom. The van der Waals surface area contributed by atoms with E-state index in [9.17, 15) is 30.6 Å². The maximum atomic E-state index is 10.7. The van der Waals surface area contributed by atoms with Gasteiger partial charge in [-0.2, -0.15) is 0 Å². The van der Waals surface area contributed by atoms with Gasteiger partial charge in [-0.1, -0.05) is 0 Å². The van der Waals surface area contributed by atoms with Crippen LogP contribution in [0, 0.1) is 0 Å². The number of ether oxygens (including phenoxy) is 4. The Labute approximate surface area is 186 Å². The molecule has 2 fully saturated rings. The summed E-state index contributed by atoms with van der Waals surface area (Å²) in [4.78, 5) is 0. The van der Waals surface area contributed by atoms with Crippen LogP contribution in [-0.2, 0) is 18.9 Å². The molecule has 0 aromatic rings. The van der Waals surface area contributed by atoms with Crippen molar-refractivity contribution in [2.24, 2.45) is 22.9 Å². The zero-order valence-corrected chi connectivity index (χ0v) is 18.1. The molecule has 0 aromatic carbocycles. The topological polar surface area (TPSA) is 262 Å². The Hall–Kier alpha value is -0.560. The van der Waals surface area contributed by atoms with Gasteiger partial charge in [0.2, 0.25) is 0 Å². The normalized spacial score (nSPS) is 42.9. The van der Waals surface area contributed by atoms with Crippen molar-refractivity contribution in [3.8, 4) is 0 Å². The number of hydrogen-bond donors (Lipinski definition) is 10. The van der Waals surface area contributed by atoms with Crippen LogP contribution >= 0.6 is 0 Å². The molecule has 0 amide bonds. The van der Waals surface area contributed by atoms with Crippen LogP contribution in [-0.4, -0.2) is 123 Å². The number of aliphatic hydroxyl groups excluding tert-OH is 6. The van der Waals surface area contributed by atoms with Crippen molar-refractivity contribution in [2.45, 2.75) is 106 Å². The van der Waals surface area contributed by atoms with Crippen LogP contribution in [0.25, 0.3) is 0 Å². The molecule has 14 N–H and O–H groups in total. The summed E-state index contributed by atoms with van der Waals surface area (Å²) in [5.74, 6) is 0. The fourth-order valence-electron chi connectivity index (χ4n) is 3.81. The van der Waals surface area contributed by atoms with Crippen LogP contribution in [0.15, 0.2) is 0 Å². The third-order valence-corrected chi connectivity index (χ3v) is 5.73. The first-order valence-corrected chi connectivity index (χ1v) is 10.5. The predicted octanol–water partition coefficient (Wildman–Crippen LogP) is -5.67. The highest BCUT2D eigenvalue weighted by Crippen LogP contribution is 2.31. The summed E-state index contributed by atoms with van der Waals surface area (Å²) in [7, 11) is 0. The van der Waals surface area contributed by atoms with Gasteiger partial charge in [0.15, 0.2) is 18.8 Å². The Kier molecular flexibility index (Phi) is 10.1. The second-order valence-corrected chi connectivity index (χ2v) is 8.52. The molecule has 32 heavy (non-hydrogen) atoms. The fourth-order valence-corrected chi connectivity index (χ4v) is 3.81. The van der Waals surface area contributed by atoms with Crippen molar-refractivity contribution in [3.05, 3.63) is 0 Å². The zero-order valence-electron chi connectivity index (χ0n) is 18.1. The fraction of sp³-hybridized carbons (Fsp3) is 1.00. The molecule has 0 aromatic heterocycles. The van der Waals surface area contributed by atoms with E-state index in [1.807, 2.05) is 0 Å². The molecule has 0 bridgehead atoms. The first kappa shape index (κ1) is 27.7. The van der Waals surface area contributed by atoms with Gasteiger partial charge in [0.05, 0.1) is 18.8 Å². The summed E-state index contributed by atoms with van der Waals surface area (Å²) in [5, 5.41) is 60.1. The predicted molar refractivity (Wildman–Crippen MR) is 108 cm³/mol. The maximum absolute atomic E-state index is 10.7. The molecule has 1 saturated heterocycles. The number of hydrogen-bond acceptors (Lipinski definition) is 14. The van der Waals surface area contributed by atoms with Crippen molar-refractivity contribution in [2.75, 3.05) is 6.61 Å². The Balaban J connectivity index is 2.22. The third-order valence-electron chi connectivity index (χ3n) is 5.73. The summed E-state index contributed by atoms with van der Waals surface area (Å²) in [5.41, 5.74) is 23.4. The molecule has 1 aliphatic carbocycles. The largest absolute Gasteiger partial charge is 0.394 e. The molecule has 14 nitrogen and oxygen atoms in total. The molecule has 11 unspecified atom stereocenters. The van der Waals surface area contributed by atoms with E-state index in [0.29, 0.717) is 0 Å². The molecule has 2 rings (SSSR count). The van der Waals surface area contributed by atoms with Gasteiger partial charge in [-0.3, -0.25) is 0 Å². The number of rotatable bonds is 10. The molecule has 1 aliphatic heterocycles. The molecule has 0 radical (unpaired) electrons. The monoisotopic (exact) mass is 470 g/mol. The van der Waals surface area contributed by atoms with E-state index >= 15 is 0 Å². The molecule has 1 heterocycles. The van der Waals surface area contributed by atoms with Gasteiger partial charge < -0.3 is 72.5 Å². The van der Waals surface area contributed by atoms with Crippen LogP contribution in [0.1, 0.15) is 20.3 Å². The van der Waals surface area contributed by atoms with Crippen LogP contribution in [0.5, 0.6) is 0 Å². The van der Waals surface area contributed by atoms with Gasteiger partial charge in [0, 0.05) is 18.1 Å². The number of nitrogens with two attached hydrogens (primary N) is 4. The van der Waals surface area contributed by atoms with Crippen molar-refractivity contribution in [1.29, 1.82) is 0 Å². The summed E-state index contributed by atoms with van der Waals surface area (Å²) in [6.07, 6.45) is -14.3. The minimum absolute atomic E-state index is 0.109. The smallest absolute Gasteiger partial charge is 0.197 e. The molecule has 2 aliphatic rings. The Morgan fingerprint density at radius 1 is 0.969 bits per heavy atom. The number of aliphatic hydroxyl groups is 6. The van der Waals surface area contributed by atoms with Crippen LogP contribution in [0.2, 0.25) is 0 Å². The minimum Gasteiger partial charge on any atom is -0.394 e. The molecule has 190 valence electrons. The van der Waals surface area contributed by atoms with Crippen molar-refractivity contribution in [1.82, 2.24) is 0 Å². The summed E-state index contributed by atoms with van der Waals surface area (Å²) >= 11 is 0. The second-order valence-electron chi connectivity index (χ2n) is 8.52. The summed E-state index contributed by atoms with van der Waals surface area (Å²) in [6.45, 7) is 2.36. The highest BCUT2D eigenvalue weighted by atomic mass is 16.7. The Morgan fingerprint density at radius 3 is 2.06 bits per heavy atom. The molecule has 14 heteroatoms. The average molecular weight is 471 g/mol. The SMILES string of the molecule is CC(O)C(CO)OC(OC1C(N)CC(N)C(O)[C@@H]1OC1OC([C@@H](C)N)C(O)C1O)[C@@H](N)O. The molecule has 1 saturated carbocycles. The lowest BCUT2D eigenvalue weighted by Crippen LogP contribution is -2.65. The van der Waals surface area contributed by atoms with Crippen LogP contribution < -0.4 is 22.9 Å². The Bertz CT molecular complexity index is 574. The lowest BCUT2D eigenvalue weighted by molar-refractivity contribution is -0.298. The van der Waals surface area contributed by atoms with Gasteiger partial charge in [-0.15, -0.1) is 0 Å². The third kappa shape index (κ3) is 6.31. The maximum Gasteiger partial charge on any atom is 0.197 e. The van der Waals surface area contributed by atoms with Gasteiger partial charge in [0.25, 0.3) is 0 Å². The average Bonchev–Trinajstić information content (AvgIpc) is 2.99. The quantitative estimate of drug-likeness (QED) is 0.133. The van der Waals surface area contributed by atoms with E-state index in [2.05, 4.69) is 0 Å². The van der Waals surface area contributed by atoms with Crippen molar-refractivity contribution >= 4 is 0 Å². The van der Waals surface area contributed by atoms with Gasteiger partial charge in [-0.05, 0) is 20.3 Å². The first-order chi connectivity index (χ1) is 14.9. The first-order valence-electron chi connectivity index (χ1n) is 10.5. The standard InChI is InChI=1S/C18H38N4O10/c1-5(19)13-11(26)12(27)17(30-13)32-15-10(25)7(20)3-8(21)14(15)31-18(16(22)28)29-9(4-23)6(2)24/h5-18,23-28H,3-4,19-22H2,1-2H3/t5-,6?,7?,8?,9?,10?,11?,12?,13?,14?,15+,16+,17?,18?/m1/s1. The van der Waals surface area contributed by atoms with Crippen molar-refractivity contribution in [3.63, 3.8) is 0 Å². The highest BCUT2D eigenvalue weighted by molar-refractivity contribution is 5.00. The summed E-state index contributed by atoms with van der Waals surface area (Å²) in [6, 6.07) is -2.26.